The Labute approximate surface area is 169 Å². The topological polar surface area (TPSA) is 114 Å². The number of hydrogen-bond donors (Lipinski definition) is 3. The van der Waals surface area contributed by atoms with E-state index in [2.05, 4.69) is 20.1 Å². The first-order chi connectivity index (χ1) is 13.9. The van der Waals surface area contributed by atoms with Gasteiger partial charge in [0.1, 0.15) is 0 Å². The minimum absolute atomic E-state index is 0.0636. The SMILES string of the molecule is COC(=O)Nc1ccc(NC(=O)CCc2ccc(S(=O)(=O)NC3CC3)cc2)cc1. The summed E-state index contributed by atoms with van der Waals surface area (Å²) in [7, 11) is -2.18. The van der Waals surface area contributed by atoms with Gasteiger partial charge < -0.3 is 10.1 Å². The summed E-state index contributed by atoms with van der Waals surface area (Å²) in [6.45, 7) is 0. The zero-order chi connectivity index (χ0) is 20.9. The van der Waals surface area contributed by atoms with Crippen LogP contribution < -0.4 is 15.4 Å². The molecule has 8 nitrogen and oxygen atoms in total. The van der Waals surface area contributed by atoms with Crippen molar-refractivity contribution in [1.82, 2.24) is 4.72 Å². The van der Waals surface area contributed by atoms with Crippen LogP contribution in [0.15, 0.2) is 53.4 Å². The molecule has 1 saturated carbocycles. The van der Waals surface area contributed by atoms with Gasteiger partial charge in [0.05, 0.1) is 12.0 Å². The van der Waals surface area contributed by atoms with E-state index in [4.69, 9.17) is 0 Å². The fourth-order valence-electron chi connectivity index (χ4n) is 2.61. The van der Waals surface area contributed by atoms with E-state index < -0.39 is 16.1 Å². The van der Waals surface area contributed by atoms with E-state index in [1.165, 1.54) is 7.11 Å². The zero-order valence-electron chi connectivity index (χ0n) is 16.0. The third kappa shape index (κ3) is 6.30. The molecule has 1 aliphatic carbocycles. The molecule has 0 saturated heterocycles. The molecular weight excluding hydrogens is 394 g/mol. The van der Waals surface area contributed by atoms with Crippen molar-refractivity contribution in [2.45, 2.75) is 36.6 Å². The fraction of sp³-hybridized carbons (Fsp3) is 0.300. The number of ether oxygens (including phenoxy) is 1. The van der Waals surface area contributed by atoms with Gasteiger partial charge >= 0.3 is 6.09 Å². The van der Waals surface area contributed by atoms with Crippen molar-refractivity contribution in [3.63, 3.8) is 0 Å². The molecular formula is C20H23N3O5S. The van der Waals surface area contributed by atoms with Gasteiger partial charge in [-0.1, -0.05) is 12.1 Å². The smallest absolute Gasteiger partial charge is 0.411 e. The Morgan fingerprint density at radius 3 is 2.10 bits per heavy atom. The van der Waals surface area contributed by atoms with E-state index in [1.807, 2.05) is 0 Å². The van der Waals surface area contributed by atoms with E-state index in [0.717, 1.165) is 18.4 Å². The molecule has 2 aromatic rings. The quantitative estimate of drug-likeness (QED) is 0.611. The Balaban J connectivity index is 1.48. The Morgan fingerprint density at radius 2 is 1.55 bits per heavy atom. The summed E-state index contributed by atoms with van der Waals surface area (Å²) in [5.41, 5.74) is 2.04. The molecule has 2 aromatic carbocycles. The van der Waals surface area contributed by atoms with Gasteiger partial charge in [-0.3, -0.25) is 10.1 Å². The molecule has 2 amide bonds. The Morgan fingerprint density at radius 1 is 0.966 bits per heavy atom. The molecule has 0 heterocycles. The molecule has 0 spiro atoms. The molecule has 9 heteroatoms. The number of carbonyl (C=O) groups excluding carboxylic acids is 2. The molecule has 1 fully saturated rings. The van der Waals surface area contributed by atoms with Crippen molar-refractivity contribution in [3.8, 4) is 0 Å². The van der Waals surface area contributed by atoms with E-state index in [1.54, 1.807) is 48.5 Å². The number of benzene rings is 2. The van der Waals surface area contributed by atoms with Gasteiger partial charge in [-0.15, -0.1) is 0 Å². The van der Waals surface area contributed by atoms with E-state index in [-0.39, 0.29) is 23.3 Å². The van der Waals surface area contributed by atoms with Crippen LogP contribution in [0.5, 0.6) is 0 Å². The predicted molar refractivity (Wildman–Crippen MR) is 109 cm³/mol. The molecule has 29 heavy (non-hydrogen) atoms. The van der Waals surface area contributed by atoms with E-state index >= 15 is 0 Å². The van der Waals surface area contributed by atoms with Crippen LogP contribution in [0.2, 0.25) is 0 Å². The zero-order valence-corrected chi connectivity index (χ0v) is 16.8. The third-order valence-electron chi connectivity index (χ3n) is 4.37. The number of anilines is 2. The standard InChI is InChI=1S/C20H23N3O5S/c1-28-20(25)22-16-7-5-15(6-8-16)21-19(24)13-4-14-2-11-18(12-3-14)29(26,27)23-17-9-10-17/h2-3,5-8,11-12,17,23H,4,9-10,13H2,1H3,(H,21,24)(H,22,25). The lowest BCUT2D eigenvalue weighted by molar-refractivity contribution is -0.116. The Bertz CT molecular complexity index is 968. The monoisotopic (exact) mass is 417 g/mol. The fourth-order valence-corrected chi connectivity index (χ4v) is 3.92. The predicted octanol–water partition coefficient (Wildman–Crippen LogP) is 2.88. The first-order valence-electron chi connectivity index (χ1n) is 9.22. The maximum Gasteiger partial charge on any atom is 0.411 e. The van der Waals surface area contributed by atoms with E-state index in [9.17, 15) is 18.0 Å². The second-order valence-electron chi connectivity index (χ2n) is 6.78. The molecule has 0 unspecified atom stereocenters. The van der Waals surface area contributed by atoms with Crippen molar-refractivity contribution in [3.05, 3.63) is 54.1 Å². The van der Waals surface area contributed by atoms with Gasteiger partial charge in [0, 0.05) is 23.8 Å². The van der Waals surface area contributed by atoms with Crippen molar-refractivity contribution in [2.75, 3.05) is 17.7 Å². The number of sulfonamides is 1. The first kappa shape index (κ1) is 20.8. The largest absolute Gasteiger partial charge is 0.453 e. The molecule has 0 aliphatic heterocycles. The molecule has 1 aliphatic rings. The van der Waals surface area contributed by atoms with Crippen LogP contribution in [0, 0.1) is 0 Å². The number of nitrogens with one attached hydrogen (secondary N) is 3. The van der Waals surface area contributed by atoms with Crippen LogP contribution in [0.25, 0.3) is 0 Å². The van der Waals surface area contributed by atoms with Crippen molar-refractivity contribution >= 4 is 33.4 Å². The van der Waals surface area contributed by atoms with Crippen LogP contribution >= 0.6 is 0 Å². The lowest BCUT2D eigenvalue weighted by Crippen LogP contribution is -2.25. The van der Waals surface area contributed by atoms with Crippen LogP contribution in [-0.4, -0.2) is 33.6 Å². The minimum atomic E-state index is -3.46. The maximum atomic E-state index is 12.2. The van der Waals surface area contributed by atoms with Crippen molar-refractivity contribution < 1.29 is 22.7 Å². The average Bonchev–Trinajstić information content (AvgIpc) is 3.51. The summed E-state index contributed by atoms with van der Waals surface area (Å²) >= 11 is 0. The van der Waals surface area contributed by atoms with Crippen LogP contribution in [-0.2, 0) is 26.0 Å². The van der Waals surface area contributed by atoms with Crippen molar-refractivity contribution in [2.24, 2.45) is 0 Å². The van der Waals surface area contributed by atoms with Gasteiger partial charge in [-0.25, -0.2) is 17.9 Å². The van der Waals surface area contributed by atoms with Gasteiger partial charge in [0.15, 0.2) is 0 Å². The summed E-state index contributed by atoms with van der Waals surface area (Å²) in [4.78, 5) is 23.5. The van der Waals surface area contributed by atoms with Gasteiger partial charge in [-0.2, -0.15) is 0 Å². The molecule has 154 valence electrons. The Kier molecular flexibility index (Phi) is 6.50. The van der Waals surface area contributed by atoms with Gasteiger partial charge in [0.2, 0.25) is 15.9 Å². The van der Waals surface area contributed by atoms with Crippen LogP contribution in [0.4, 0.5) is 16.2 Å². The molecule has 0 radical (unpaired) electrons. The Hall–Kier alpha value is -2.91. The summed E-state index contributed by atoms with van der Waals surface area (Å²) in [5.74, 6) is -0.161. The molecule has 0 bridgehead atoms. The van der Waals surface area contributed by atoms with Crippen LogP contribution in [0.3, 0.4) is 0 Å². The van der Waals surface area contributed by atoms with Gasteiger partial charge in [0.25, 0.3) is 0 Å². The second kappa shape index (κ2) is 9.06. The number of carbonyl (C=O) groups is 2. The number of aryl methyl sites for hydroxylation is 1. The number of hydrogen-bond acceptors (Lipinski definition) is 5. The highest BCUT2D eigenvalue weighted by Crippen LogP contribution is 2.22. The molecule has 0 aromatic heterocycles. The minimum Gasteiger partial charge on any atom is -0.453 e. The van der Waals surface area contributed by atoms with E-state index in [0.29, 0.717) is 17.8 Å². The second-order valence-corrected chi connectivity index (χ2v) is 8.50. The highest BCUT2D eigenvalue weighted by atomic mass is 32.2. The van der Waals surface area contributed by atoms with Gasteiger partial charge in [-0.05, 0) is 61.2 Å². The summed E-state index contributed by atoms with van der Waals surface area (Å²) in [5, 5.41) is 5.31. The van der Waals surface area contributed by atoms with Crippen LogP contribution in [0.1, 0.15) is 24.8 Å². The molecule has 3 rings (SSSR count). The number of methoxy groups -OCH3 is 1. The number of rotatable bonds is 8. The number of amides is 2. The first-order valence-corrected chi connectivity index (χ1v) is 10.7. The molecule has 0 atom stereocenters. The maximum absolute atomic E-state index is 12.2. The lowest BCUT2D eigenvalue weighted by Gasteiger charge is -2.08. The molecule has 3 N–H and O–H groups in total. The summed E-state index contributed by atoms with van der Waals surface area (Å²) in [6, 6.07) is 13.3. The van der Waals surface area contributed by atoms with Crippen molar-refractivity contribution in [1.29, 1.82) is 0 Å². The summed E-state index contributed by atoms with van der Waals surface area (Å²) < 4.78 is 31.5. The highest BCUT2D eigenvalue weighted by Gasteiger charge is 2.27. The summed E-state index contributed by atoms with van der Waals surface area (Å²) in [6.07, 6.45) is 1.95. The highest BCUT2D eigenvalue weighted by molar-refractivity contribution is 7.89. The lowest BCUT2D eigenvalue weighted by atomic mass is 10.1. The average molecular weight is 417 g/mol. The third-order valence-corrected chi connectivity index (χ3v) is 5.91. The normalized spacial score (nSPS) is 13.6.